The number of carboxylic acids is 1. The summed E-state index contributed by atoms with van der Waals surface area (Å²) in [7, 11) is 0. The van der Waals surface area contributed by atoms with Crippen molar-refractivity contribution >= 4 is 11.9 Å². The molecule has 0 aliphatic carbocycles. The quantitative estimate of drug-likeness (QED) is 0.806. The zero-order chi connectivity index (χ0) is 15.1. The fourth-order valence-corrected chi connectivity index (χ4v) is 1.97. The van der Waals surface area contributed by atoms with Crippen molar-refractivity contribution in [2.45, 2.75) is 39.2 Å². The number of nitrogens with one attached hydrogen (secondary N) is 1. The Bertz CT molecular complexity index is 476. The van der Waals surface area contributed by atoms with Gasteiger partial charge in [0.1, 0.15) is 11.9 Å². The molecule has 5 heteroatoms. The molecule has 0 saturated carbocycles. The van der Waals surface area contributed by atoms with Crippen LogP contribution in [0, 0.1) is 11.7 Å². The number of rotatable bonds is 7. The van der Waals surface area contributed by atoms with E-state index in [0.717, 1.165) is 5.56 Å². The zero-order valence-electron chi connectivity index (χ0n) is 11.7. The molecule has 0 bridgehead atoms. The van der Waals surface area contributed by atoms with Gasteiger partial charge in [0, 0.05) is 5.92 Å². The highest BCUT2D eigenvalue weighted by Gasteiger charge is 2.22. The Kier molecular flexibility index (Phi) is 6.15. The van der Waals surface area contributed by atoms with Gasteiger partial charge in [-0.2, -0.15) is 0 Å². The number of halogens is 1. The van der Waals surface area contributed by atoms with Crippen LogP contribution in [0.25, 0.3) is 0 Å². The molecule has 0 heterocycles. The van der Waals surface area contributed by atoms with Crippen LogP contribution in [0.3, 0.4) is 0 Å². The second-order valence-corrected chi connectivity index (χ2v) is 4.92. The van der Waals surface area contributed by atoms with Crippen LogP contribution in [0.1, 0.15) is 32.3 Å². The van der Waals surface area contributed by atoms with Crippen LogP contribution in [0.5, 0.6) is 0 Å². The van der Waals surface area contributed by atoms with Gasteiger partial charge in [-0.1, -0.05) is 32.4 Å². The first-order chi connectivity index (χ1) is 9.43. The van der Waals surface area contributed by atoms with Crippen molar-refractivity contribution in [2.24, 2.45) is 5.92 Å². The molecule has 1 rings (SSSR count). The first-order valence-corrected chi connectivity index (χ1v) is 6.71. The Morgan fingerprint density at radius 2 is 2.10 bits per heavy atom. The Hall–Kier alpha value is -1.91. The predicted molar refractivity (Wildman–Crippen MR) is 73.7 cm³/mol. The molecule has 0 spiro atoms. The normalized spacial score (nSPS) is 13.6. The Morgan fingerprint density at radius 3 is 2.65 bits per heavy atom. The molecule has 1 aromatic carbocycles. The van der Waals surface area contributed by atoms with Crippen molar-refractivity contribution < 1.29 is 19.1 Å². The second kappa shape index (κ2) is 7.62. The summed E-state index contributed by atoms with van der Waals surface area (Å²) in [4.78, 5) is 22.9. The van der Waals surface area contributed by atoms with Gasteiger partial charge < -0.3 is 10.4 Å². The molecule has 2 atom stereocenters. The van der Waals surface area contributed by atoms with Crippen molar-refractivity contribution in [3.63, 3.8) is 0 Å². The molecule has 4 nitrogen and oxygen atoms in total. The first-order valence-electron chi connectivity index (χ1n) is 6.71. The van der Waals surface area contributed by atoms with E-state index >= 15 is 0 Å². The lowest BCUT2D eigenvalue weighted by Crippen LogP contribution is -2.43. The molecule has 0 radical (unpaired) electrons. The monoisotopic (exact) mass is 281 g/mol. The highest BCUT2D eigenvalue weighted by atomic mass is 19.1. The molecule has 1 amide bonds. The smallest absolute Gasteiger partial charge is 0.326 e. The third-order valence-corrected chi connectivity index (χ3v) is 3.07. The number of carboxylic acid groups (broad SMARTS) is 1. The topological polar surface area (TPSA) is 66.4 Å². The highest BCUT2D eigenvalue weighted by Crippen LogP contribution is 2.11. The van der Waals surface area contributed by atoms with E-state index in [1.165, 1.54) is 12.1 Å². The number of hydrogen-bond donors (Lipinski definition) is 2. The van der Waals surface area contributed by atoms with Crippen molar-refractivity contribution in [1.82, 2.24) is 5.32 Å². The lowest BCUT2D eigenvalue weighted by Gasteiger charge is -2.17. The fraction of sp³-hybridized carbons (Fsp3) is 0.467. The summed E-state index contributed by atoms with van der Waals surface area (Å²) in [6, 6.07) is 5.20. The molecule has 2 unspecified atom stereocenters. The minimum absolute atomic E-state index is 0.324. The lowest BCUT2D eigenvalue weighted by atomic mass is 9.99. The summed E-state index contributed by atoms with van der Waals surface area (Å²) in [5, 5.41) is 11.5. The van der Waals surface area contributed by atoms with E-state index in [0.29, 0.717) is 19.3 Å². The molecule has 1 aromatic rings. The van der Waals surface area contributed by atoms with Crippen LogP contribution < -0.4 is 5.32 Å². The largest absolute Gasteiger partial charge is 0.480 e. The Labute approximate surface area is 118 Å². The van der Waals surface area contributed by atoms with E-state index < -0.39 is 17.9 Å². The summed E-state index contributed by atoms with van der Waals surface area (Å²) in [5.74, 6) is -2.10. The van der Waals surface area contributed by atoms with Gasteiger partial charge in [-0.05, 0) is 30.5 Å². The van der Waals surface area contributed by atoms with Crippen LogP contribution in [0.4, 0.5) is 4.39 Å². The molecule has 0 aromatic heterocycles. The van der Waals surface area contributed by atoms with Crippen LogP contribution in [-0.2, 0) is 16.0 Å². The van der Waals surface area contributed by atoms with Gasteiger partial charge in [0.2, 0.25) is 5.91 Å². The van der Waals surface area contributed by atoms with Gasteiger partial charge >= 0.3 is 5.97 Å². The van der Waals surface area contributed by atoms with Crippen molar-refractivity contribution in [3.05, 3.63) is 35.6 Å². The van der Waals surface area contributed by atoms with Crippen LogP contribution in [0.2, 0.25) is 0 Å². The van der Waals surface area contributed by atoms with Crippen molar-refractivity contribution in [1.29, 1.82) is 0 Å². The number of hydrogen-bond acceptors (Lipinski definition) is 2. The standard InChI is InChI=1S/C15H20FNO3/c1-3-5-13(15(19)20)17-14(18)10(2)8-11-6-4-7-12(16)9-11/h4,6-7,9-10,13H,3,5,8H2,1-2H3,(H,17,18)(H,19,20). The molecular weight excluding hydrogens is 261 g/mol. The number of benzene rings is 1. The molecule has 2 N–H and O–H groups in total. The van der Waals surface area contributed by atoms with Crippen molar-refractivity contribution in [3.8, 4) is 0 Å². The Balaban J connectivity index is 2.60. The molecule has 0 aliphatic rings. The number of carbonyl (C=O) groups is 2. The van der Waals surface area contributed by atoms with Gasteiger partial charge in [0.15, 0.2) is 0 Å². The van der Waals surface area contributed by atoms with E-state index in [4.69, 9.17) is 5.11 Å². The highest BCUT2D eigenvalue weighted by molar-refractivity contribution is 5.84. The molecule has 0 saturated heterocycles. The maximum Gasteiger partial charge on any atom is 0.326 e. The molecule has 0 aliphatic heterocycles. The van der Waals surface area contributed by atoms with E-state index in [1.807, 2.05) is 6.92 Å². The SMILES string of the molecule is CCCC(NC(=O)C(C)Cc1cccc(F)c1)C(=O)O. The summed E-state index contributed by atoms with van der Waals surface area (Å²) in [6.45, 7) is 3.56. The average Bonchev–Trinajstić information content (AvgIpc) is 2.37. The fourth-order valence-electron chi connectivity index (χ4n) is 1.97. The minimum Gasteiger partial charge on any atom is -0.480 e. The van der Waals surface area contributed by atoms with Crippen LogP contribution >= 0.6 is 0 Å². The van der Waals surface area contributed by atoms with Gasteiger partial charge in [0.25, 0.3) is 0 Å². The maximum atomic E-state index is 13.1. The summed E-state index contributed by atoms with van der Waals surface area (Å²) in [5.41, 5.74) is 0.718. The van der Waals surface area contributed by atoms with Gasteiger partial charge in [-0.25, -0.2) is 9.18 Å². The van der Waals surface area contributed by atoms with Gasteiger partial charge in [-0.15, -0.1) is 0 Å². The first kappa shape index (κ1) is 16.1. The maximum absolute atomic E-state index is 13.1. The van der Waals surface area contributed by atoms with E-state index in [-0.39, 0.29) is 11.7 Å². The van der Waals surface area contributed by atoms with E-state index in [1.54, 1.807) is 19.1 Å². The average molecular weight is 281 g/mol. The third kappa shape index (κ3) is 4.99. The summed E-state index contributed by atoms with van der Waals surface area (Å²) in [6.07, 6.45) is 1.45. The molecule has 20 heavy (non-hydrogen) atoms. The Morgan fingerprint density at radius 1 is 1.40 bits per heavy atom. The van der Waals surface area contributed by atoms with Gasteiger partial charge in [0.05, 0.1) is 0 Å². The molecule has 0 fully saturated rings. The van der Waals surface area contributed by atoms with Crippen molar-refractivity contribution in [2.75, 3.05) is 0 Å². The molecular formula is C15H20FNO3. The predicted octanol–water partition coefficient (Wildman–Crippen LogP) is 2.37. The number of carbonyl (C=O) groups excluding carboxylic acids is 1. The second-order valence-electron chi connectivity index (χ2n) is 4.92. The lowest BCUT2D eigenvalue weighted by molar-refractivity contribution is -0.142. The third-order valence-electron chi connectivity index (χ3n) is 3.07. The minimum atomic E-state index is -1.03. The van der Waals surface area contributed by atoms with E-state index in [2.05, 4.69) is 5.32 Å². The zero-order valence-corrected chi connectivity index (χ0v) is 11.7. The number of amides is 1. The summed E-state index contributed by atoms with van der Waals surface area (Å²) >= 11 is 0. The molecule has 110 valence electrons. The van der Waals surface area contributed by atoms with E-state index in [9.17, 15) is 14.0 Å². The van der Waals surface area contributed by atoms with Gasteiger partial charge in [-0.3, -0.25) is 4.79 Å². The van der Waals surface area contributed by atoms with Crippen LogP contribution in [-0.4, -0.2) is 23.0 Å². The summed E-state index contributed by atoms with van der Waals surface area (Å²) < 4.78 is 13.1. The number of aliphatic carboxylic acids is 1. The van der Waals surface area contributed by atoms with Crippen LogP contribution in [0.15, 0.2) is 24.3 Å².